The molecule has 8 bridgehead atoms. The van der Waals surface area contributed by atoms with Crippen molar-refractivity contribution in [3.05, 3.63) is 75.9 Å². The van der Waals surface area contributed by atoms with Crippen molar-refractivity contribution in [3.8, 4) is 0 Å². The quantitative estimate of drug-likeness (QED) is 0.149. The van der Waals surface area contributed by atoms with Crippen LogP contribution in [0.5, 0.6) is 0 Å². The summed E-state index contributed by atoms with van der Waals surface area (Å²) < 4.78 is 0. The third-order valence-corrected chi connectivity index (χ3v) is 8.47. The van der Waals surface area contributed by atoms with Gasteiger partial charge in [-0.05, 0) is 105 Å². The fourth-order valence-corrected chi connectivity index (χ4v) is 6.13. The third kappa shape index (κ3) is 5.56. The minimum Gasteiger partial charge on any atom is -0.508 e. The molecule has 2 aliphatic heterocycles. The van der Waals surface area contributed by atoms with Crippen LogP contribution in [0.15, 0.2) is 30.8 Å². The maximum atomic E-state index is 11.5. The number of aromatic amines is 2. The highest BCUT2D eigenvalue weighted by molar-refractivity contribution is 5.97. The largest absolute Gasteiger partial charge is 0.508 e. The zero-order chi connectivity index (χ0) is 32.0. The number of aryl methyl sites for hydroxylation is 2. The number of allylic oxidation sites excluding steroid dienone is 4. The first-order chi connectivity index (χ1) is 20.8. The first-order valence-corrected chi connectivity index (χ1v) is 14.4. The Labute approximate surface area is 254 Å². The summed E-state index contributed by atoms with van der Waals surface area (Å²) in [5.74, 6) is -1.96. The standard InChI is InChI=1S/C34H36N4O6/c1-15-21(7-9-31(41)42)27-14-28-22(8-10-32(43)44)16(2)24(36-28)12-29-34(20(6)40)18(4)26(38-29)13-30-33(19(5)39)17(3)25(37-30)11-23(15)35-27/h11-14,20,37-40H,5,7-10H2,1-4,6H3,(H,41,42)(H,43,44). The van der Waals surface area contributed by atoms with Crippen molar-refractivity contribution >= 4 is 62.1 Å². The molecular weight excluding hydrogens is 560 g/mol. The van der Waals surface area contributed by atoms with Gasteiger partial charge < -0.3 is 30.4 Å². The molecule has 0 aromatic carbocycles. The Morgan fingerprint density at radius 1 is 0.727 bits per heavy atom. The lowest BCUT2D eigenvalue weighted by atomic mass is 9.98. The highest BCUT2D eigenvalue weighted by Crippen LogP contribution is 2.38. The fraction of sp³-hybridized carbons (Fsp3) is 0.294. The Morgan fingerprint density at radius 3 is 1.68 bits per heavy atom. The molecule has 0 saturated carbocycles. The van der Waals surface area contributed by atoms with Gasteiger partial charge in [0.25, 0.3) is 0 Å². The summed E-state index contributed by atoms with van der Waals surface area (Å²) in [6.45, 7) is 13.0. The monoisotopic (exact) mass is 596 g/mol. The minimum atomic E-state index is -0.928. The molecule has 5 rings (SSSR count). The maximum Gasteiger partial charge on any atom is 0.303 e. The van der Waals surface area contributed by atoms with Gasteiger partial charge in [0.05, 0.1) is 34.4 Å². The van der Waals surface area contributed by atoms with Crippen molar-refractivity contribution in [1.82, 2.24) is 19.9 Å². The van der Waals surface area contributed by atoms with E-state index in [4.69, 9.17) is 9.97 Å². The number of carboxylic acids is 2. The van der Waals surface area contributed by atoms with E-state index in [0.29, 0.717) is 50.5 Å². The first kappa shape index (κ1) is 30.5. The number of hydrogen-bond acceptors (Lipinski definition) is 6. The van der Waals surface area contributed by atoms with Crippen molar-refractivity contribution in [3.63, 3.8) is 0 Å². The molecule has 6 N–H and O–H groups in total. The molecule has 3 aromatic heterocycles. The molecule has 3 aromatic rings. The maximum absolute atomic E-state index is 11.5. The van der Waals surface area contributed by atoms with Gasteiger partial charge in [-0.15, -0.1) is 0 Å². The zero-order valence-corrected chi connectivity index (χ0v) is 25.4. The van der Waals surface area contributed by atoms with Gasteiger partial charge in [0.1, 0.15) is 5.76 Å². The predicted octanol–water partition coefficient (Wildman–Crippen LogP) is 7.10. The van der Waals surface area contributed by atoms with E-state index in [1.54, 1.807) is 13.0 Å². The summed E-state index contributed by atoms with van der Waals surface area (Å²) in [6.07, 6.45) is -0.474. The summed E-state index contributed by atoms with van der Waals surface area (Å²) in [5, 5.41) is 40.3. The lowest BCUT2D eigenvalue weighted by molar-refractivity contribution is -0.137. The number of fused-ring (bicyclic) bond motifs is 8. The average molecular weight is 597 g/mol. The molecule has 0 saturated heterocycles. The number of hydrogen-bond donors (Lipinski definition) is 6. The second-order valence-electron chi connectivity index (χ2n) is 11.4. The van der Waals surface area contributed by atoms with Gasteiger partial charge in [-0.1, -0.05) is 6.58 Å². The van der Waals surface area contributed by atoms with Crippen LogP contribution in [0.2, 0.25) is 0 Å². The molecule has 228 valence electrons. The summed E-state index contributed by atoms with van der Waals surface area (Å²) in [4.78, 5) is 39.7. The van der Waals surface area contributed by atoms with Crippen molar-refractivity contribution < 1.29 is 30.0 Å². The topological polar surface area (TPSA) is 172 Å². The van der Waals surface area contributed by atoms with Crippen molar-refractivity contribution in [2.75, 3.05) is 0 Å². The number of aliphatic hydroxyl groups is 2. The molecule has 0 fully saturated rings. The third-order valence-electron chi connectivity index (χ3n) is 8.47. The van der Waals surface area contributed by atoms with Crippen LogP contribution in [0, 0.1) is 13.8 Å². The average Bonchev–Trinajstić information content (AvgIpc) is 3.59. The van der Waals surface area contributed by atoms with Crippen molar-refractivity contribution in [1.29, 1.82) is 0 Å². The van der Waals surface area contributed by atoms with Gasteiger partial charge >= 0.3 is 11.9 Å². The Balaban J connectivity index is 1.96. The number of aliphatic hydroxyl groups excluding tert-OH is 2. The molecule has 0 radical (unpaired) electrons. The number of carboxylic acid groups (broad SMARTS) is 2. The molecule has 10 nitrogen and oxygen atoms in total. The lowest BCUT2D eigenvalue weighted by Gasteiger charge is -2.05. The molecule has 0 aliphatic carbocycles. The molecule has 2 aliphatic rings. The van der Waals surface area contributed by atoms with E-state index in [9.17, 15) is 30.0 Å². The molecule has 1 unspecified atom stereocenters. The van der Waals surface area contributed by atoms with Crippen molar-refractivity contribution in [2.24, 2.45) is 0 Å². The van der Waals surface area contributed by atoms with Crippen LogP contribution in [-0.4, -0.2) is 52.3 Å². The van der Waals surface area contributed by atoms with E-state index in [0.717, 1.165) is 38.9 Å². The number of carbonyl (C=O) groups is 2. The van der Waals surface area contributed by atoms with Gasteiger partial charge in [-0.2, -0.15) is 0 Å². The van der Waals surface area contributed by atoms with E-state index < -0.39 is 18.0 Å². The molecule has 1 atom stereocenters. The van der Waals surface area contributed by atoms with Crippen LogP contribution in [0.1, 0.15) is 97.6 Å². The molecule has 0 amide bonds. The number of aliphatic carboxylic acids is 2. The Bertz CT molecular complexity index is 1970. The minimum absolute atomic E-state index is 0.0858. The number of nitrogens with one attached hydrogen (secondary N) is 2. The van der Waals surface area contributed by atoms with Crippen LogP contribution in [0.3, 0.4) is 0 Å². The number of aromatic nitrogens is 4. The number of rotatable bonds is 8. The van der Waals surface area contributed by atoms with E-state index in [1.807, 2.05) is 45.9 Å². The zero-order valence-electron chi connectivity index (χ0n) is 25.4. The highest BCUT2D eigenvalue weighted by Gasteiger charge is 2.23. The van der Waals surface area contributed by atoms with E-state index in [1.165, 1.54) is 0 Å². The van der Waals surface area contributed by atoms with Gasteiger partial charge in [-0.3, -0.25) is 9.59 Å². The predicted molar refractivity (Wildman–Crippen MR) is 171 cm³/mol. The first-order valence-electron chi connectivity index (χ1n) is 14.4. The van der Waals surface area contributed by atoms with Gasteiger partial charge in [0.15, 0.2) is 0 Å². The van der Waals surface area contributed by atoms with E-state index >= 15 is 0 Å². The van der Waals surface area contributed by atoms with Crippen LogP contribution >= 0.6 is 0 Å². The lowest BCUT2D eigenvalue weighted by Crippen LogP contribution is -1.97. The summed E-state index contributed by atoms with van der Waals surface area (Å²) in [6, 6.07) is 7.38. The van der Waals surface area contributed by atoms with Crippen LogP contribution in [0.4, 0.5) is 0 Å². The molecular formula is C34H36N4O6. The van der Waals surface area contributed by atoms with Crippen molar-refractivity contribution in [2.45, 2.75) is 66.4 Å². The van der Waals surface area contributed by atoms with Gasteiger partial charge in [0, 0.05) is 40.5 Å². The fourth-order valence-electron chi connectivity index (χ4n) is 6.13. The highest BCUT2D eigenvalue weighted by atomic mass is 16.4. The molecule has 44 heavy (non-hydrogen) atoms. The second kappa shape index (κ2) is 11.6. The van der Waals surface area contributed by atoms with Crippen LogP contribution in [0.25, 0.3) is 50.1 Å². The Hall–Kier alpha value is -4.96. The SMILES string of the molecule is C=C(O)c1c(C)c2cc3nc(cc4nc(cc5[nH]c(cc1[nH]2)c(C)c5C(C)O)C(C)=C4CCC(=O)O)C(CCC(=O)O)=C3C. The smallest absolute Gasteiger partial charge is 0.303 e. The Morgan fingerprint density at radius 2 is 1.20 bits per heavy atom. The number of H-pyrrole nitrogens is 2. The van der Waals surface area contributed by atoms with E-state index in [2.05, 4.69) is 16.5 Å². The summed E-state index contributed by atoms with van der Waals surface area (Å²) in [7, 11) is 0. The summed E-state index contributed by atoms with van der Waals surface area (Å²) in [5.41, 5.74) is 11.0. The van der Waals surface area contributed by atoms with Gasteiger partial charge in [-0.25, -0.2) is 9.97 Å². The molecule has 0 spiro atoms. The van der Waals surface area contributed by atoms with Crippen LogP contribution in [-0.2, 0) is 9.59 Å². The molecule has 10 heteroatoms. The number of nitrogens with zero attached hydrogens (tertiary/aromatic N) is 2. The van der Waals surface area contributed by atoms with E-state index in [-0.39, 0.29) is 31.4 Å². The Kier molecular flexibility index (Phi) is 8.05. The van der Waals surface area contributed by atoms with Crippen LogP contribution < -0.4 is 0 Å². The van der Waals surface area contributed by atoms with Gasteiger partial charge in [0.2, 0.25) is 0 Å². The molecule has 5 heterocycles. The summed E-state index contributed by atoms with van der Waals surface area (Å²) >= 11 is 0. The normalized spacial score (nSPS) is 13.9. The second-order valence-corrected chi connectivity index (χ2v) is 11.4.